The summed E-state index contributed by atoms with van der Waals surface area (Å²) >= 11 is 0. The third kappa shape index (κ3) is 40.8. The second-order valence-corrected chi connectivity index (χ2v) is 18.9. The standard InChI is InChI=1S/C83H4.C27H25FN2O2/c1-3-5-7-9-11-13-15-17-19-21-23-25-27-29-31-33-35-37-39-41-43-45-47-49-51-53-55-57-59-61-63-65-67-69-71-73-75-77-79-81-83-82-80-78-76-74-72-70-68-66-64-62-60-58-56-54-52-50-48-46-44-42-40-38-36-34-32-30-28-26-24-22-20-18-16-14-12-10-8-6-4-2;1-31-25-14-19-18(12-26(25)32-16-17-6-3-2-4-7-17)10-11-30-15-23-20(13-24(19)30)27-21(28)8-5-9-22(27)29-23/h1H,2H3;2-9,12,14,24,29H,10-11,13,15-16H2,1H3. The summed E-state index contributed by atoms with van der Waals surface area (Å²) in [5, 5.41) is 0.740. The predicted octanol–water partition coefficient (Wildman–Crippen LogP) is 6.33. The number of nitrogens with one attached hydrogen (secondary N) is 1. The SMILES string of the molecule is C#CC#CC#CC#CC#CC#CC#CC#CC#CC#CC#CC#CC#CC#CC#CC#CC#CC#CC#CC#CC#CC#CC#CC#CC#CC#CC#CC#CC#CC#CC#CC#CC#CC#CC#CC#CC#CC#CC#CC#CC#CC.COc1cc2c(cc1OCc1ccccc1)CCN1Cc3[nH]c4cccc(F)c4c3CC21. The number of aromatic amines is 1. The highest BCUT2D eigenvalue weighted by Gasteiger charge is 2.35. The van der Waals surface area contributed by atoms with Crippen molar-refractivity contribution in [1.29, 1.82) is 0 Å². The van der Waals surface area contributed by atoms with Gasteiger partial charge in [-0.15, -0.1) is 6.42 Å². The molecule has 2 aliphatic heterocycles. The molecule has 4 nitrogen and oxygen atoms in total. The van der Waals surface area contributed by atoms with Crippen LogP contribution in [0.15, 0.2) is 60.7 Å². The maximum atomic E-state index is 14.7. The molecule has 0 saturated heterocycles. The lowest BCUT2D eigenvalue weighted by Crippen LogP contribution is -2.39. The first-order valence-electron chi connectivity index (χ1n) is 31.9. The van der Waals surface area contributed by atoms with Crippen LogP contribution in [0, 0.1) is 492 Å². The monoisotopic (exact) mass is 1430 g/mol. The summed E-state index contributed by atoms with van der Waals surface area (Å²) in [6.07, 6.45) is 6.70. The van der Waals surface area contributed by atoms with Gasteiger partial charge in [0.1, 0.15) is 12.4 Å². The zero-order chi connectivity index (χ0) is 80.9. The van der Waals surface area contributed by atoms with E-state index in [1.165, 1.54) is 11.1 Å². The van der Waals surface area contributed by atoms with E-state index >= 15 is 0 Å². The highest BCUT2D eigenvalue weighted by atomic mass is 19.1. The summed E-state index contributed by atoms with van der Waals surface area (Å²) in [5.41, 5.74) is 6.81. The largest absolute Gasteiger partial charge is 0.493 e. The molecule has 6 rings (SSSR count). The topological polar surface area (TPSA) is 37.5 Å². The van der Waals surface area contributed by atoms with Crippen molar-refractivity contribution in [2.24, 2.45) is 0 Å². The normalized spacial score (nSPS) is 7.72. The van der Waals surface area contributed by atoms with E-state index in [1.807, 2.05) is 24.3 Å². The number of hydrogen-bond donors (Lipinski definition) is 1. The molecule has 0 radical (unpaired) electrons. The van der Waals surface area contributed by atoms with E-state index < -0.39 is 0 Å². The predicted molar refractivity (Wildman–Crippen MR) is 448 cm³/mol. The Hall–Kier alpha value is -21.3. The van der Waals surface area contributed by atoms with Gasteiger partial charge < -0.3 is 14.5 Å². The van der Waals surface area contributed by atoms with Crippen molar-refractivity contribution < 1.29 is 13.9 Å². The number of hydrogen-bond acceptors (Lipinski definition) is 3. The van der Waals surface area contributed by atoms with Gasteiger partial charge in [0.2, 0.25) is 0 Å². The zero-order valence-corrected chi connectivity index (χ0v) is 60.1. The number of H-pyrrole nitrogens is 1. The lowest BCUT2D eigenvalue weighted by molar-refractivity contribution is 0.158. The fourth-order valence-corrected chi connectivity index (χ4v) is 7.78. The number of terminal acetylenes is 1. The van der Waals surface area contributed by atoms with Gasteiger partial charge in [-0.2, -0.15) is 0 Å². The Morgan fingerprint density at radius 2 is 0.643 bits per heavy atom. The minimum atomic E-state index is -0.147. The summed E-state index contributed by atoms with van der Waals surface area (Å²) in [7, 11) is 1.69. The van der Waals surface area contributed by atoms with Gasteiger partial charge in [0.15, 0.2) is 11.5 Å². The lowest BCUT2D eigenvalue weighted by Gasteiger charge is -2.40. The number of rotatable bonds is 4. The molecule has 1 atom stereocenters. The maximum absolute atomic E-state index is 14.7. The van der Waals surface area contributed by atoms with Crippen LogP contribution in [-0.4, -0.2) is 23.5 Å². The van der Waals surface area contributed by atoms with Crippen LogP contribution in [0.3, 0.4) is 0 Å². The summed E-state index contributed by atoms with van der Waals surface area (Å²) < 4.78 is 26.5. The Morgan fingerprint density at radius 3 is 0.922 bits per heavy atom. The fraction of sp³-hybridized carbons (Fsp3) is 0.0727. The Bertz CT molecular complexity index is 7670. The van der Waals surface area contributed by atoms with Gasteiger partial charge >= 0.3 is 0 Å². The fourth-order valence-electron chi connectivity index (χ4n) is 7.78. The van der Waals surface area contributed by atoms with Crippen LogP contribution < -0.4 is 9.47 Å². The van der Waals surface area contributed by atoms with E-state index in [-0.39, 0.29) is 11.9 Å². The molecule has 4 aromatic rings. The summed E-state index contributed by atoms with van der Waals surface area (Å²) in [6.45, 7) is 3.97. The van der Waals surface area contributed by atoms with Crippen molar-refractivity contribution in [3.63, 3.8) is 0 Å². The molecule has 3 aromatic carbocycles. The highest BCUT2D eigenvalue weighted by Crippen LogP contribution is 2.44. The van der Waals surface area contributed by atoms with Crippen LogP contribution in [0.25, 0.3) is 10.9 Å². The van der Waals surface area contributed by atoms with Gasteiger partial charge in [-0.25, -0.2) is 4.39 Å². The van der Waals surface area contributed by atoms with Crippen molar-refractivity contribution in [2.75, 3.05) is 13.7 Å². The molecule has 3 heterocycles. The Balaban J connectivity index is 0.000000597. The second kappa shape index (κ2) is 60.3. The van der Waals surface area contributed by atoms with E-state index in [0.717, 1.165) is 65.2 Å². The average Bonchev–Trinajstić information content (AvgIpc) is 1.65. The Morgan fingerprint density at radius 1 is 0.357 bits per heavy atom. The Labute approximate surface area is 674 Å². The molecule has 0 amide bonds. The first-order valence-corrected chi connectivity index (χ1v) is 31.9. The zero-order valence-electron chi connectivity index (χ0n) is 60.1. The van der Waals surface area contributed by atoms with Crippen LogP contribution in [0.2, 0.25) is 0 Å². The number of aromatic nitrogens is 1. The molecule has 2 aliphatic rings. The quantitative estimate of drug-likeness (QED) is 0.244. The minimum absolute atomic E-state index is 0.147. The van der Waals surface area contributed by atoms with Gasteiger partial charge in [0.05, 0.1) is 7.11 Å². The van der Waals surface area contributed by atoms with Crippen LogP contribution >= 0.6 is 0 Å². The van der Waals surface area contributed by atoms with E-state index in [1.54, 1.807) is 26.2 Å². The molecule has 0 spiro atoms. The summed E-state index contributed by atoms with van der Waals surface area (Å²) in [6, 6.07) is 19.9. The average molecular weight is 1430 g/mol. The molecule has 0 saturated carbocycles. The number of fused-ring (bicyclic) bond motifs is 6. The molecule has 115 heavy (non-hydrogen) atoms. The molecule has 498 valence electrons. The van der Waals surface area contributed by atoms with E-state index in [9.17, 15) is 4.39 Å². The highest BCUT2D eigenvalue weighted by molar-refractivity contribution is 5.86. The van der Waals surface area contributed by atoms with Gasteiger partial charge in [-0.1, -0.05) is 42.3 Å². The number of halogens is 1. The third-order valence-electron chi connectivity index (χ3n) is 11.9. The second-order valence-electron chi connectivity index (χ2n) is 18.9. The summed E-state index contributed by atoms with van der Waals surface area (Å²) in [5.74, 6) is 203. The van der Waals surface area contributed by atoms with Crippen LogP contribution in [0.5, 0.6) is 11.5 Å². The van der Waals surface area contributed by atoms with E-state index in [4.69, 9.17) is 15.9 Å². The van der Waals surface area contributed by atoms with E-state index in [2.05, 4.69) is 514 Å². The number of nitrogens with zero attached hydrogens (tertiary/aromatic N) is 1. The van der Waals surface area contributed by atoms with Gasteiger partial charge in [-0.3, -0.25) is 4.90 Å². The molecule has 1 N–H and O–H groups in total. The molecule has 0 bridgehead atoms. The Kier molecular flexibility index (Phi) is 44.2. The van der Waals surface area contributed by atoms with Crippen molar-refractivity contribution in [3.8, 4) is 497 Å². The van der Waals surface area contributed by atoms with Crippen LogP contribution in [0.1, 0.15) is 40.9 Å². The van der Waals surface area contributed by atoms with Crippen molar-refractivity contribution >= 4 is 10.9 Å². The molecular formula is C110H29FN2O2. The van der Waals surface area contributed by atoms with Crippen molar-refractivity contribution in [2.45, 2.75) is 39.0 Å². The van der Waals surface area contributed by atoms with Crippen LogP contribution in [0.4, 0.5) is 4.39 Å². The van der Waals surface area contributed by atoms with Gasteiger partial charge in [0, 0.05) is 415 Å². The first kappa shape index (κ1) is 84.3. The molecule has 0 fully saturated rings. The maximum Gasteiger partial charge on any atom is 0.161 e. The van der Waals surface area contributed by atoms with Gasteiger partial charge in [-0.05, 0) is 161 Å². The molecule has 5 heteroatoms. The molecule has 0 aliphatic carbocycles. The third-order valence-corrected chi connectivity index (χ3v) is 11.9. The smallest absolute Gasteiger partial charge is 0.161 e. The van der Waals surface area contributed by atoms with E-state index in [0.29, 0.717) is 6.61 Å². The molecular weight excluding hydrogens is 1400 g/mol. The minimum Gasteiger partial charge on any atom is -0.493 e. The first-order chi connectivity index (χ1) is 57.1. The van der Waals surface area contributed by atoms with Crippen molar-refractivity contribution in [3.05, 3.63) is 94.4 Å². The summed E-state index contributed by atoms with van der Waals surface area (Å²) in [4.78, 5) is 5.94. The van der Waals surface area contributed by atoms with Crippen molar-refractivity contribution in [1.82, 2.24) is 9.88 Å². The van der Waals surface area contributed by atoms with Crippen LogP contribution in [-0.2, 0) is 26.0 Å². The lowest BCUT2D eigenvalue weighted by atomic mass is 9.85. The molecule has 1 unspecified atom stereocenters. The number of ether oxygens (including phenoxy) is 2. The number of methoxy groups -OCH3 is 1. The van der Waals surface area contributed by atoms with Gasteiger partial charge in [0.25, 0.3) is 0 Å². The number of benzene rings is 3. The molecule has 1 aromatic heterocycles.